The number of hydrogen-bond acceptors (Lipinski definition) is 4. The molecule has 0 spiro atoms. The Hall–Kier alpha value is -2.22. The first-order chi connectivity index (χ1) is 13.4. The van der Waals surface area contributed by atoms with E-state index in [2.05, 4.69) is 10.2 Å². The molecule has 0 atom stereocenters. The van der Waals surface area contributed by atoms with E-state index >= 15 is 0 Å². The Bertz CT molecular complexity index is 921. The number of carbonyl (C=O) groups excluding carboxylic acids is 1. The van der Waals surface area contributed by atoms with Crippen LogP contribution >= 0.6 is 0 Å². The van der Waals surface area contributed by atoms with Crippen molar-refractivity contribution in [1.29, 1.82) is 0 Å². The van der Waals surface area contributed by atoms with Crippen molar-refractivity contribution in [1.82, 2.24) is 14.5 Å². The molecule has 150 valence electrons. The van der Waals surface area contributed by atoms with E-state index in [1.54, 1.807) is 24.3 Å². The van der Waals surface area contributed by atoms with Crippen LogP contribution in [0.3, 0.4) is 0 Å². The highest BCUT2D eigenvalue weighted by atomic mass is 32.2. The summed E-state index contributed by atoms with van der Waals surface area (Å²) in [5.74, 6) is -0.0756. The largest absolute Gasteiger partial charge is 0.351 e. The summed E-state index contributed by atoms with van der Waals surface area (Å²) < 4.78 is 26.8. The van der Waals surface area contributed by atoms with Crippen LogP contribution in [0.5, 0.6) is 0 Å². The van der Waals surface area contributed by atoms with Gasteiger partial charge < -0.3 is 5.32 Å². The Kier molecular flexibility index (Phi) is 6.49. The highest BCUT2D eigenvalue weighted by Gasteiger charge is 2.28. The molecule has 1 amide bonds. The van der Waals surface area contributed by atoms with Crippen LogP contribution < -0.4 is 5.32 Å². The second-order valence-electron chi connectivity index (χ2n) is 7.11. The van der Waals surface area contributed by atoms with E-state index in [4.69, 9.17) is 0 Å². The summed E-state index contributed by atoms with van der Waals surface area (Å²) in [6.07, 6.45) is 0. The molecule has 28 heavy (non-hydrogen) atoms. The van der Waals surface area contributed by atoms with Crippen LogP contribution in [0.2, 0.25) is 0 Å². The van der Waals surface area contributed by atoms with Crippen LogP contribution in [0, 0.1) is 13.8 Å². The fourth-order valence-corrected chi connectivity index (χ4v) is 4.69. The fourth-order valence-electron chi connectivity index (χ4n) is 3.25. The predicted molar refractivity (Wildman–Crippen MR) is 110 cm³/mol. The maximum atomic E-state index is 12.7. The Morgan fingerprint density at radius 1 is 0.964 bits per heavy atom. The normalized spacial score (nSPS) is 16.1. The molecule has 1 fully saturated rings. The van der Waals surface area contributed by atoms with Gasteiger partial charge in [0.15, 0.2) is 0 Å². The summed E-state index contributed by atoms with van der Waals surface area (Å²) in [5, 5.41) is 2.95. The third-order valence-electron chi connectivity index (χ3n) is 5.19. The second-order valence-corrected chi connectivity index (χ2v) is 9.05. The minimum absolute atomic E-state index is 0.0756. The maximum Gasteiger partial charge on any atom is 0.251 e. The zero-order valence-electron chi connectivity index (χ0n) is 16.4. The van der Waals surface area contributed by atoms with Crippen molar-refractivity contribution >= 4 is 15.9 Å². The van der Waals surface area contributed by atoms with E-state index in [0.717, 1.165) is 5.56 Å². The van der Waals surface area contributed by atoms with Gasteiger partial charge in [0.05, 0.1) is 4.90 Å². The second kappa shape index (κ2) is 8.86. The van der Waals surface area contributed by atoms with Gasteiger partial charge in [0.25, 0.3) is 5.91 Å². The number of hydrogen-bond donors (Lipinski definition) is 1. The summed E-state index contributed by atoms with van der Waals surface area (Å²) in [4.78, 5) is 14.8. The van der Waals surface area contributed by atoms with Gasteiger partial charge in [-0.1, -0.05) is 24.3 Å². The molecule has 0 aliphatic carbocycles. The minimum atomic E-state index is -3.43. The Morgan fingerprint density at radius 3 is 2.29 bits per heavy atom. The lowest BCUT2D eigenvalue weighted by Crippen LogP contribution is -2.50. The molecule has 7 heteroatoms. The Balaban J connectivity index is 1.46. The number of amides is 1. The molecule has 6 nitrogen and oxygen atoms in total. The number of sulfonamides is 1. The predicted octanol–water partition coefficient (Wildman–Crippen LogP) is 2.04. The lowest BCUT2D eigenvalue weighted by atomic mass is 10.1. The zero-order valence-corrected chi connectivity index (χ0v) is 17.2. The maximum absolute atomic E-state index is 12.7. The first-order valence-corrected chi connectivity index (χ1v) is 10.9. The molecule has 1 heterocycles. The van der Waals surface area contributed by atoms with Gasteiger partial charge in [-0.05, 0) is 49.2 Å². The van der Waals surface area contributed by atoms with Crippen LogP contribution in [0.1, 0.15) is 21.5 Å². The summed E-state index contributed by atoms with van der Waals surface area (Å²) in [6.45, 7) is 7.50. The molecule has 2 aromatic rings. The Morgan fingerprint density at radius 2 is 1.64 bits per heavy atom. The lowest BCUT2D eigenvalue weighted by Gasteiger charge is -2.33. The molecule has 0 aromatic heterocycles. The number of rotatable bonds is 6. The number of carbonyl (C=O) groups is 1. The van der Waals surface area contributed by atoms with Gasteiger partial charge >= 0.3 is 0 Å². The average Bonchev–Trinajstić information content (AvgIpc) is 2.71. The third kappa shape index (κ3) is 4.79. The Labute approximate surface area is 167 Å². The quantitative estimate of drug-likeness (QED) is 0.804. The number of piperazine rings is 1. The van der Waals surface area contributed by atoms with Crippen LogP contribution in [-0.4, -0.2) is 62.8 Å². The van der Waals surface area contributed by atoms with Gasteiger partial charge in [-0.25, -0.2) is 8.42 Å². The standard InChI is InChI=1S/C21H27N3O3S/c1-17-8-9-19(16-18(17)2)21(25)22-10-11-23-12-14-24(15-13-23)28(26,27)20-6-4-3-5-7-20/h3-9,16H,10-15H2,1-2H3,(H,22,25). The molecule has 1 aliphatic heterocycles. The molecule has 1 N–H and O–H groups in total. The van der Waals surface area contributed by atoms with Gasteiger partial charge in [-0.15, -0.1) is 0 Å². The number of benzene rings is 2. The van der Waals surface area contributed by atoms with E-state index < -0.39 is 10.0 Å². The van der Waals surface area contributed by atoms with Crippen LogP contribution in [0.25, 0.3) is 0 Å². The van der Waals surface area contributed by atoms with Gasteiger partial charge in [0.2, 0.25) is 10.0 Å². The van der Waals surface area contributed by atoms with Crippen molar-refractivity contribution in [2.45, 2.75) is 18.7 Å². The molecule has 0 bridgehead atoms. The summed E-state index contributed by atoms with van der Waals surface area (Å²) in [5.41, 5.74) is 2.94. The van der Waals surface area contributed by atoms with Crippen molar-refractivity contribution in [3.8, 4) is 0 Å². The SMILES string of the molecule is Cc1ccc(C(=O)NCCN2CCN(S(=O)(=O)c3ccccc3)CC2)cc1C. The van der Waals surface area contributed by atoms with Crippen molar-refractivity contribution in [2.24, 2.45) is 0 Å². The van der Waals surface area contributed by atoms with E-state index in [1.807, 2.05) is 38.1 Å². The van der Waals surface area contributed by atoms with E-state index in [-0.39, 0.29) is 5.91 Å². The van der Waals surface area contributed by atoms with Gasteiger partial charge in [-0.2, -0.15) is 4.31 Å². The highest BCUT2D eigenvalue weighted by molar-refractivity contribution is 7.89. The molecule has 1 saturated heterocycles. The first kappa shape index (κ1) is 20.5. The summed E-state index contributed by atoms with van der Waals surface area (Å²) in [6, 6.07) is 14.2. The highest BCUT2D eigenvalue weighted by Crippen LogP contribution is 2.17. The van der Waals surface area contributed by atoms with Crippen molar-refractivity contribution in [2.75, 3.05) is 39.3 Å². The molecule has 2 aromatic carbocycles. The van der Waals surface area contributed by atoms with Crippen LogP contribution in [0.15, 0.2) is 53.4 Å². The molecule has 0 saturated carbocycles. The first-order valence-electron chi connectivity index (χ1n) is 9.51. The van der Waals surface area contributed by atoms with E-state index in [0.29, 0.717) is 49.7 Å². The van der Waals surface area contributed by atoms with Crippen LogP contribution in [0.4, 0.5) is 0 Å². The summed E-state index contributed by atoms with van der Waals surface area (Å²) in [7, 11) is -3.43. The van der Waals surface area contributed by atoms with E-state index in [1.165, 1.54) is 9.87 Å². The summed E-state index contributed by atoms with van der Waals surface area (Å²) >= 11 is 0. The zero-order chi connectivity index (χ0) is 20.1. The van der Waals surface area contributed by atoms with Crippen LogP contribution in [-0.2, 0) is 10.0 Å². The van der Waals surface area contributed by atoms with Gasteiger partial charge in [-0.3, -0.25) is 9.69 Å². The number of nitrogens with zero attached hydrogens (tertiary/aromatic N) is 2. The van der Waals surface area contributed by atoms with Gasteiger partial charge in [0, 0.05) is 44.8 Å². The molecule has 0 radical (unpaired) electrons. The molecule has 1 aliphatic rings. The fraction of sp³-hybridized carbons (Fsp3) is 0.381. The molecular weight excluding hydrogens is 374 g/mol. The molecule has 3 rings (SSSR count). The topological polar surface area (TPSA) is 69.7 Å². The van der Waals surface area contributed by atoms with Crippen molar-refractivity contribution in [3.05, 3.63) is 65.2 Å². The third-order valence-corrected chi connectivity index (χ3v) is 7.11. The number of nitrogens with one attached hydrogen (secondary N) is 1. The smallest absolute Gasteiger partial charge is 0.251 e. The van der Waals surface area contributed by atoms with Crippen molar-refractivity contribution < 1.29 is 13.2 Å². The van der Waals surface area contributed by atoms with Crippen molar-refractivity contribution in [3.63, 3.8) is 0 Å². The number of aryl methyl sites for hydroxylation is 2. The monoisotopic (exact) mass is 401 g/mol. The molecule has 0 unspecified atom stereocenters. The van der Waals surface area contributed by atoms with Gasteiger partial charge in [0.1, 0.15) is 0 Å². The minimum Gasteiger partial charge on any atom is -0.351 e. The average molecular weight is 402 g/mol. The van der Waals surface area contributed by atoms with E-state index in [9.17, 15) is 13.2 Å². The lowest BCUT2D eigenvalue weighted by molar-refractivity contribution is 0.0945. The molecular formula is C21H27N3O3S.